The summed E-state index contributed by atoms with van der Waals surface area (Å²) in [5.74, 6) is 2.97. The number of benzene rings is 1. The van der Waals surface area contributed by atoms with Gasteiger partial charge in [-0.3, -0.25) is 4.90 Å². The number of aromatic nitrogens is 4. The third-order valence-corrected chi connectivity index (χ3v) is 4.87. The van der Waals surface area contributed by atoms with E-state index >= 15 is 0 Å². The normalized spacial score (nSPS) is 18.6. The summed E-state index contributed by atoms with van der Waals surface area (Å²) in [6.45, 7) is 4.80. The molecule has 3 aromatic rings. The van der Waals surface area contributed by atoms with Crippen molar-refractivity contribution in [1.29, 1.82) is 0 Å². The van der Waals surface area contributed by atoms with Crippen molar-refractivity contribution < 1.29 is 4.52 Å². The number of imidazole rings is 1. The van der Waals surface area contributed by atoms with Gasteiger partial charge in [0.15, 0.2) is 0 Å². The zero-order valence-corrected chi connectivity index (χ0v) is 14.7. The lowest BCUT2D eigenvalue weighted by molar-refractivity contribution is 0.173. The van der Waals surface area contributed by atoms with Crippen LogP contribution in [-0.2, 0) is 13.6 Å². The second-order valence-corrected chi connectivity index (χ2v) is 6.85. The van der Waals surface area contributed by atoms with Gasteiger partial charge in [-0.1, -0.05) is 35.0 Å². The lowest BCUT2D eigenvalue weighted by Gasteiger charge is -2.31. The number of hydrogen-bond acceptors (Lipinski definition) is 5. The molecule has 0 unspecified atom stereocenters. The fourth-order valence-electron chi connectivity index (χ4n) is 3.51. The Kier molecular flexibility index (Phi) is 4.36. The first kappa shape index (κ1) is 16.0. The van der Waals surface area contributed by atoms with Gasteiger partial charge in [0.1, 0.15) is 5.82 Å². The maximum absolute atomic E-state index is 5.48. The second-order valence-electron chi connectivity index (χ2n) is 6.85. The molecule has 6 heteroatoms. The molecule has 1 aliphatic heterocycles. The minimum absolute atomic E-state index is 0.466. The molecule has 25 heavy (non-hydrogen) atoms. The van der Waals surface area contributed by atoms with Gasteiger partial charge in [-0.2, -0.15) is 4.98 Å². The molecule has 0 bridgehead atoms. The molecular weight excluding hydrogens is 314 g/mol. The molecule has 3 heterocycles. The zero-order chi connectivity index (χ0) is 17.2. The van der Waals surface area contributed by atoms with E-state index in [2.05, 4.69) is 50.7 Å². The molecule has 2 aromatic heterocycles. The van der Waals surface area contributed by atoms with Crippen LogP contribution in [0.4, 0.5) is 0 Å². The first-order valence-corrected chi connectivity index (χ1v) is 8.78. The first-order chi connectivity index (χ1) is 12.2. The summed E-state index contributed by atoms with van der Waals surface area (Å²) in [6, 6.07) is 8.19. The summed E-state index contributed by atoms with van der Waals surface area (Å²) in [5.41, 5.74) is 2.21. The van der Waals surface area contributed by atoms with Crippen molar-refractivity contribution in [3.63, 3.8) is 0 Å². The van der Waals surface area contributed by atoms with E-state index < -0.39 is 0 Å². The quantitative estimate of drug-likeness (QED) is 0.732. The van der Waals surface area contributed by atoms with Crippen LogP contribution in [-0.4, -0.2) is 37.7 Å². The predicted octanol–water partition coefficient (Wildman–Crippen LogP) is 3.16. The van der Waals surface area contributed by atoms with Gasteiger partial charge >= 0.3 is 0 Å². The van der Waals surface area contributed by atoms with E-state index in [4.69, 9.17) is 4.52 Å². The van der Waals surface area contributed by atoms with Gasteiger partial charge in [-0.25, -0.2) is 4.98 Å². The van der Waals surface area contributed by atoms with E-state index in [0.717, 1.165) is 30.9 Å². The van der Waals surface area contributed by atoms with Crippen molar-refractivity contribution >= 4 is 0 Å². The highest BCUT2D eigenvalue weighted by Gasteiger charge is 2.25. The highest BCUT2D eigenvalue weighted by Crippen LogP contribution is 2.26. The van der Waals surface area contributed by atoms with Crippen LogP contribution < -0.4 is 0 Å². The molecular formula is C19H23N5O. The summed E-state index contributed by atoms with van der Waals surface area (Å²) < 4.78 is 7.60. The average Bonchev–Trinajstić information content (AvgIpc) is 3.25. The van der Waals surface area contributed by atoms with Crippen LogP contribution in [0.5, 0.6) is 0 Å². The molecule has 0 radical (unpaired) electrons. The lowest BCUT2D eigenvalue weighted by Crippen LogP contribution is -2.34. The minimum Gasteiger partial charge on any atom is -0.338 e. The van der Waals surface area contributed by atoms with Gasteiger partial charge in [-0.05, 0) is 26.3 Å². The Hall–Kier alpha value is -2.47. The van der Waals surface area contributed by atoms with Crippen LogP contribution in [0, 0.1) is 6.92 Å². The molecule has 0 spiro atoms. The summed E-state index contributed by atoms with van der Waals surface area (Å²) in [6.07, 6.45) is 6.23. The number of likely N-dealkylation sites (tertiary alicyclic amines) is 1. The minimum atomic E-state index is 0.466. The fourth-order valence-corrected chi connectivity index (χ4v) is 3.51. The highest BCUT2D eigenvalue weighted by molar-refractivity contribution is 5.54. The standard InChI is InChI=1S/C19H23N5O/c1-14-5-7-15(8-6-14)18-21-17(25-22-18)13-24-10-3-4-16(12-24)19-20-9-11-23(19)2/h5-9,11,16H,3-4,10,12-13H2,1-2H3/t16-/m0/s1. The van der Waals surface area contributed by atoms with Gasteiger partial charge in [0.25, 0.3) is 0 Å². The van der Waals surface area contributed by atoms with E-state index in [1.165, 1.54) is 12.0 Å². The first-order valence-electron chi connectivity index (χ1n) is 8.78. The van der Waals surface area contributed by atoms with Crippen molar-refractivity contribution in [2.45, 2.75) is 32.2 Å². The van der Waals surface area contributed by atoms with Gasteiger partial charge in [0, 0.05) is 37.5 Å². The Balaban J connectivity index is 1.44. The van der Waals surface area contributed by atoms with Crippen molar-refractivity contribution in [1.82, 2.24) is 24.6 Å². The largest absolute Gasteiger partial charge is 0.338 e. The predicted molar refractivity (Wildman–Crippen MR) is 94.9 cm³/mol. The van der Waals surface area contributed by atoms with E-state index in [-0.39, 0.29) is 0 Å². The van der Waals surface area contributed by atoms with Crippen molar-refractivity contribution in [3.8, 4) is 11.4 Å². The molecule has 4 rings (SSSR count). The van der Waals surface area contributed by atoms with Crippen LogP contribution in [0.2, 0.25) is 0 Å². The molecule has 0 aliphatic carbocycles. The Morgan fingerprint density at radius 2 is 2.08 bits per heavy atom. The molecule has 0 N–H and O–H groups in total. The van der Waals surface area contributed by atoms with Crippen molar-refractivity contribution in [3.05, 3.63) is 53.9 Å². The third kappa shape index (κ3) is 3.49. The molecule has 6 nitrogen and oxygen atoms in total. The number of piperidine rings is 1. The Morgan fingerprint density at radius 3 is 2.84 bits per heavy atom. The SMILES string of the molecule is Cc1ccc(-c2noc(CN3CCC[C@H](c4nccn4C)C3)n2)cc1. The molecule has 1 aromatic carbocycles. The van der Waals surface area contributed by atoms with Crippen LogP contribution in [0.3, 0.4) is 0 Å². The van der Waals surface area contributed by atoms with Gasteiger partial charge < -0.3 is 9.09 Å². The van der Waals surface area contributed by atoms with E-state index in [9.17, 15) is 0 Å². The Bertz CT molecular complexity index is 836. The fraction of sp³-hybridized carbons (Fsp3) is 0.421. The second kappa shape index (κ2) is 6.80. The monoisotopic (exact) mass is 337 g/mol. The van der Waals surface area contributed by atoms with Gasteiger partial charge in [0.05, 0.1) is 6.54 Å². The molecule has 1 fully saturated rings. The molecule has 1 aliphatic rings. The summed E-state index contributed by atoms with van der Waals surface area (Å²) in [5, 5.41) is 4.14. The third-order valence-electron chi connectivity index (χ3n) is 4.87. The van der Waals surface area contributed by atoms with Crippen LogP contribution in [0.15, 0.2) is 41.2 Å². The summed E-state index contributed by atoms with van der Waals surface area (Å²) >= 11 is 0. The molecule has 0 amide bonds. The van der Waals surface area contributed by atoms with E-state index in [1.54, 1.807) is 0 Å². The molecule has 130 valence electrons. The average molecular weight is 337 g/mol. The van der Waals surface area contributed by atoms with Gasteiger partial charge in [-0.15, -0.1) is 0 Å². The van der Waals surface area contributed by atoms with Crippen LogP contribution >= 0.6 is 0 Å². The molecule has 1 atom stereocenters. The van der Waals surface area contributed by atoms with Gasteiger partial charge in [0.2, 0.25) is 11.7 Å². The molecule has 0 saturated carbocycles. The lowest BCUT2D eigenvalue weighted by atomic mass is 9.97. The van der Waals surface area contributed by atoms with Crippen molar-refractivity contribution in [2.24, 2.45) is 7.05 Å². The van der Waals surface area contributed by atoms with Crippen LogP contribution in [0.25, 0.3) is 11.4 Å². The Morgan fingerprint density at radius 1 is 1.24 bits per heavy atom. The van der Waals surface area contributed by atoms with E-state index in [1.807, 2.05) is 24.5 Å². The maximum Gasteiger partial charge on any atom is 0.241 e. The topological polar surface area (TPSA) is 60.0 Å². The Labute approximate surface area is 147 Å². The van der Waals surface area contributed by atoms with E-state index in [0.29, 0.717) is 24.2 Å². The number of hydrogen-bond donors (Lipinski definition) is 0. The maximum atomic E-state index is 5.48. The number of nitrogens with zero attached hydrogens (tertiary/aromatic N) is 5. The smallest absolute Gasteiger partial charge is 0.241 e. The van der Waals surface area contributed by atoms with Crippen LogP contribution in [0.1, 0.15) is 36.0 Å². The zero-order valence-electron chi connectivity index (χ0n) is 14.7. The number of rotatable bonds is 4. The molecule has 1 saturated heterocycles. The summed E-state index contributed by atoms with van der Waals surface area (Å²) in [4.78, 5) is 11.5. The number of aryl methyl sites for hydroxylation is 2. The highest BCUT2D eigenvalue weighted by atomic mass is 16.5. The summed E-state index contributed by atoms with van der Waals surface area (Å²) in [7, 11) is 2.06. The van der Waals surface area contributed by atoms with Crippen molar-refractivity contribution in [2.75, 3.05) is 13.1 Å².